The molecule has 1 aliphatic carbocycles. The lowest BCUT2D eigenvalue weighted by atomic mass is 10.1. The van der Waals surface area contributed by atoms with Gasteiger partial charge in [-0.15, -0.1) is 0 Å². The van der Waals surface area contributed by atoms with Gasteiger partial charge < -0.3 is 9.26 Å². The molecule has 1 saturated carbocycles. The lowest BCUT2D eigenvalue weighted by Gasteiger charge is -2.30. The van der Waals surface area contributed by atoms with E-state index >= 15 is 0 Å². The Bertz CT molecular complexity index is 572. The Hall–Kier alpha value is -1.40. The molecule has 0 N–H and O–H groups in total. The maximum Gasteiger partial charge on any atom is 0.273 e. The van der Waals surface area contributed by atoms with E-state index in [4.69, 9.17) is 9.26 Å². The number of likely N-dealkylation sites (tertiary alicyclic amines) is 1. The maximum absolute atomic E-state index is 5.88. The molecule has 3 heterocycles. The SMILES string of the molecule is c1csc(OC2CCN(Cc3cc(C4CC4)on3)CC2)n1. The summed E-state index contributed by atoms with van der Waals surface area (Å²) in [5.74, 6) is 1.72. The number of rotatable bonds is 5. The third-order valence-electron chi connectivity index (χ3n) is 4.15. The second kappa shape index (κ2) is 5.77. The molecule has 0 spiro atoms. The molecule has 2 aliphatic rings. The van der Waals surface area contributed by atoms with E-state index in [0.717, 1.165) is 49.1 Å². The van der Waals surface area contributed by atoms with Crippen LogP contribution in [0.4, 0.5) is 0 Å². The molecule has 0 aromatic carbocycles. The van der Waals surface area contributed by atoms with Crippen molar-refractivity contribution in [1.82, 2.24) is 15.0 Å². The predicted molar refractivity (Wildman–Crippen MR) is 79.5 cm³/mol. The molecule has 112 valence electrons. The van der Waals surface area contributed by atoms with Crippen LogP contribution in [0.5, 0.6) is 5.19 Å². The fourth-order valence-corrected chi connectivity index (χ4v) is 3.34. The summed E-state index contributed by atoms with van der Waals surface area (Å²) < 4.78 is 11.3. The first-order chi connectivity index (χ1) is 10.4. The molecule has 0 bridgehead atoms. The third kappa shape index (κ3) is 3.27. The minimum Gasteiger partial charge on any atom is -0.467 e. The second-order valence-corrected chi connectivity index (χ2v) is 6.74. The molecule has 0 radical (unpaired) electrons. The summed E-state index contributed by atoms with van der Waals surface area (Å²) in [4.78, 5) is 6.61. The van der Waals surface area contributed by atoms with Gasteiger partial charge in [0.2, 0.25) is 0 Å². The van der Waals surface area contributed by atoms with E-state index in [0.29, 0.717) is 12.0 Å². The molecule has 5 nitrogen and oxygen atoms in total. The molecule has 0 atom stereocenters. The van der Waals surface area contributed by atoms with Crippen LogP contribution in [-0.2, 0) is 6.54 Å². The molecule has 0 unspecified atom stereocenters. The summed E-state index contributed by atoms with van der Waals surface area (Å²) in [5.41, 5.74) is 1.07. The maximum atomic E-state index is 5.88. The third-order valence-corrected chi connectivity index (χ3v) is 4.82. The molecule has 4 rings (SSSR count). The summed E-state index contributed by atoms with van der Waals surface area (Å²) in [7, 11) is 0. The van der Waals surface area contributed by atoms with E-state index in [1.54, 1.807) is 17.5 Å². The molecule has 0 amide bonds. The summed E-state index contributed by atoms with van der Waals surface area (Å²) >= 11 is 1.56. The van der Waals surface area contributed by atoms with Gasteiger partial charge in [-0.1, -0.05) is 16.5 Å². The number of thiazole rings is 1. The van der Waals surface area contributed by atoms with Crippen LogP contribution < -0.4 is 4.74 Å². The van der Waals surface area contributed by atoms with Crippen molar-refractivity contribution in [3.63, 3.8) is 0 Å². The van der Waals surface area contributed by atoms with Crippen molar-refractivity contribution in [1.29, 1.82) is 0 Å². The van der Waals surface area contributed by atoms with Crippen LogP contribution in [-0.4, -0.2) is 34.2 Å². The average Bonchev–Trinajstić information content (AvgIpc) is 3.03. The zero-order valence-corrected chi connectivity index (χ0v) is 12.7. The van der Waals surface area contributed by atoms with Crippen LogP contribution in [0.1, 0.15) is 43.1 Å². The summed E-state index contributed by atoms with van der Waals surface area (Å²) in [6.07, 6.45) is 6.70. The van der Waals surface area contributed by atoms with Crippen molar-refractivity contribution in [2.75, 3.05) is 13.1 Å². The Kier molecular flexibility index (Phi) is 3.65. The van der Waals surface area contributed by atoms with Crippen molar-refractivity contribution >= 4 is 11.3 Å². The number of aromatic nitrogens is 2. The molecule has 2 fully saturated rings. The van der Waals surface area contributed by atoms with Crippen molar-refractivity contribution in [3.8, 4) is 5.19 Å². The first kappa shape index (κ1) is 13.3. The zero-order valence-electron chi connectivity index (χ0n) is 11.9. The van der Waals surface area contributed by atoms with Crippen molar-refractivity contribution in [2.45, 2.75) is 44.2 Å². The second-order valence-electron chi connectivity index (χ2n) is 5.89. The first-order valence-corrected chi connectivity index (χ1v) is 8.49. The highest BCUT2D eigenvalue weighted by atomic mass is 32.1. The Labute approximate surface area is 127 Å². The van der Waals surface area contributed by atoms with Crippen molar-refractivity contribution in [2.24, 2.45) is 0 Å². The first-order valence-electron chi connectivity index (χ1n) is 7.61. The Morgan fingerprint density at radius 2 is 2.14 bits per heavy atom. The van der Waals surface area contributed by atoms with Gasteiger partial charge in [0.05, 0.1) is 5.69 Å². The summed E-state index contributed by atoms with van der Waals surface area (Å²) in [6, 6.07) is 2.13. The monoisotopic (exact) mass is 305 g/mol. The van der Waals surface area contributed by atoms with Crippen LogP contribution in [0.25, 0.3) is 0 Å². The minimum absolute atomic E-state index is 0.298. The molecular weight excluding hydrogens is 286 g/mol. The van der Waals surface area contributed by atoms with Gasteiger partial charge in [0.25, 0.3) is 5.19 Å². The molecule has 1 saturated heterocycles. The van der Waals surface area contributed by atoms with E-state index in [9.17, 15) is 0 Å². The molecular formula is C15H19N3O2S. The normalized spacial score (nSPS) is 20.8. The van der Waals surface area contributed by atoms with Gasteiger partial charge in [0, 0.05) is 43.2 Å². The van der Waals surface area contributed by atoms with Crippen molar-refractivity contribution < 1.29 is 9.26 Å². The average molecular weight is 305 g/mol. The largest absolute Gasteiger partial charge is 0.467 e. The lowest BCUT2D eigenvalue weighted by molar-refractivity contribution is 0.0952. The highest BCUT2D eigenvalue weighted by Crippen LogP contribution is 2.40. The molecule has 1 aliphatic heterocycles. The molecule has 2 aromatic heterocycles. The van der Waals surface area contributed by atoms with Gasteiger partial charge in [-0.05, 0) is 25.7 Å². The van der Waals surface area contributed by atoms with E-state index in [1.165, 1.54) is 12.8 Å². The van der Waals surface area contributed by atoms with E-state index < -0.39 is 0 Å². The number of hydrogen-bond donors (Lipinski definition) is 0. The summed E-state index contributed by atoms with van der Waals surface area (Å²) in [5, 5.41) is 6.94. The fourth-order valence-electron chi connectivity index (χ4n) is 2.79. The van der Waals surface area contributed by atoms with Crippen molar-refractivity contribution in [3.05, 3.63) is 29.1 Å². The Morgan fingerprint density at radius 1 is 1.29 bits per heavy atom. The Balaban J connectivity index is 1.26. The number of nitrogens with zero attached hydrogens (tertiary/aromatic N) is 3. The van der Waals surface area contributed by atoms with Crippen LogP contribution in [0.3, 0.4) is 0 Å². The smallest absolute Gasteiger partial charge is 0.273 e. The van der Waals surface area contributed by atoms with Gasteiger partial charge in [-0.25, -0.2) is 4.98 Å². The van der Waals surface area contributed by atoms with Crippen LogP contribution in [0.15, 0.2) is 22.2 Å². The molecule has 2 aromatic rings. The zero-order chi connectivity index (χ0) is 14.1. The van der Waals surface area contributed by atoms with E-state index in [2.05, 4.69) is 21.1 Å². The predicted octanol–water partition coefficient (Wildman–Crippen LogP) is 3.05. The highest BCUT2D eigenvalue weighted by molar-refractivity contribution is 7.11. The van der Waals surface area contributed by atoms with Gasteiger partial charge in [-0.3, -0.25) is 4.90 Å². The van der Waals surface area contributed by atoms with Crippen LogP contribution in [0, 0.1) is 0 Å². The van der Waals surface area contributed by atoms with E-state index in [-0.39, 0.29) is 0 Å². The van der Waals surface area contributed by atoms with Gasteiger partial charge in [0.15, 0.2) is 0 Å². The Morgan fingerprint density at radius 3 is 2.86 bits per heavy atom. The molecule has 21 heavy (non-hydrogen) atoms. The molecule has 6 heteroatoms. The quantitative estimate of drug-likeness (QED) is 0.850. The highest BCUT2D eigenvalue weighted by Gasteiger charge is 2.28. The lowest BCUT2D eigenvalue weighted by Crippen LogP contribution is -2.37. The standard InChI is InChI=1S/C15H19N3O2S/c1-2-11(1)14-9-12(17-20-14)10-18-6-3-13(4-7-18)19-15-16-5-8-21-15/h5,8-9,11,13H,1-4,6-7,10H2. The van der Waals surface area contributed by atoms with Gasteiger partial charge in [0.1, 0.15) is 11.9 Å². The van der Waals surface area contributed by atoms with Gasteiger partial charge >= 0.3 is 0 Å². The van der Waals surface area contributed by atoms with Crippen LogP contribution in [0.2, 0.25) is 0 Å². The summed E-state index contributed by atoms with van der Waals surface area (Å²) in [6.45, 7) is 2.98. The minimum atomic E-state index is 0.298. The topological polar surface area (TPSA) is 51.4 Å². The van der Waals surface area contributed by atoms with Crippen LogP contribution >= 0.6 is 11.3 Å². The van der Waals surface area contributed by atoms with Gasteiger partial charge in [-0.2, -0.15) is 0 Å². The number of hydrogen-bond acceptors (Lipinski definition) is 6. The number of ether oxygens (including phenoxy) is 1. The fraction of sp³-hybridized carbons (Fsp3) is 0.600. The van der Waals surface area contributed by atoms with E-state index in [1.807, 2.05) is 5.38 Å². The number of piperidine rings is 1.